The number of aliphatic hydroxyl groups excluding tert-OH is 1. The first-order valence-electron chi connectivity index (χ1n) is 10.7. The molecule has 2 fully saturated rings. The number of aromatic nitrogens is 4. The molecule has 4 N–H and O–H groups in total. The van der Waals surface area contributed by atoms with Crippen LogP contribution in [0.4, 0.5) is 26.1 Å². The third kappa shape index (κ3) is 3.59. The third-order valence-corrected chi connectivity index (χ3v) is 6.35. The van der Waals surface area contributed by atoms with Crippen molar-refractivity contribution in [1.82, 2.24) is 24.5 Å². The summed E-state index contributed by atoms with van der Waals surface area (Å²) in [6.45, 7) is 0. The van der Waals surface area contributed by atoms with Gasteiger partial charge < -0.3 is 25.6 Å². The molecular formula is C21H23F2N7O3. The zero-order chi connectivity index (χ0) is 23.3. The lowest BCUT2D eigenvalue weighted by atomic mass is 9.88. The average molecular weight is 459 g/mol. The van der Waals surface area contributed by atoms with Crippen molar-refractivity contribution in [3.05, 3.63) is 46.5 Å². The summed E-state index contributed by atoms with van der Waals surface area (Å²) in [5.74, 6) is -2.88. The summed E-state index contributed by atoms with van der Waals surface area (Å²) in [4.78, 5) is 30.0. The normalized spacial score (nSPS) is 23.5. The number of amides is 1. The zero-order valence-corrected chi connectivity index (χ0v) is 17.8. The van der Waals surface area contributed by atoms with E-state index in [4.69, 9.17) is 0 Å². The quantitative estimate of drug-likeness (QED) is 0.444. The van der Waals surface area contributed by atoms with E-state index >= 15 is 0 Å². The Kier molecular flexibility index (Phi) is 5.04. The second-order valence-electron chi connectivity index (χ2n) is 8.37. The molecule has 0 saturated heterocycles. The number of carbonyl (C=O) groups is 1. The van der Waals surface area contributed by atoms with Crippen LogP contribution in [0.5, 0.6) is 0 Å². The molecule has 33 heavy (non-hydrogen) atoms. The Bertz CT molecular complexity index is 1290. The molecular weight excluding hydrogens is 436 g/mol. The molecule has 0 bridgehead atoms. The number of rotatable bonds is 6. The van der Waals surface area contributed by atoms with Crippen molar-refractivity contribution >= 4 is 28.9 Å². The number of hydrogen-bond acceptors (Lipinski definition) is 7. The summed E-state index contributed by atoms with van der Waals surface area (Å²) < 4.78 is 30.1. The first kappa shape index (κ1) is 21.3. The first-order chi connectivity index (χ1) is 15.8. The van der Waals surface area contributed by atoms with Crippen LogP contribution < -0.4 is 21.5 Å². The number of anilines is 3. The molecule has 0 aromatic carbocycles. The molecule has 5 rings (SSSR count). The number of pyridine rings is 1. The largest absolute Gasteiger partial charge is 0.391 e. The van der Waals surface area contributed by atoms with E-state index in [2.05, 4.69) is 26.0 Å². The molecule has 0 radical (unpaired) electrons. The van der Waals surface area contributed by atoms with Crippen molar-refractivity contribution in [2.45, 2.75) is 49.8 Å². The smallest absolute Gasteiger partial charge is 0.274 e. The van der Waals surface area contributed by atoms with E-state index in [0.29, 0.717) is 18.7 Å². The van der Waals surface area contributed by atoms with Crippen molar-refractivity contribution in [3.63, 3.8) is 0 Å². The van der Waals surface area contributed by atoms with Crippen molar-refractivity contribution < 1.29 is 18.7 Å². The van der Waals surface area contributed by atoms with Gasteiger partial charge in [0, 0.05) is 25.7 Å². The molecule has 2 aliphatic carbocycles. The first-order valence-corrected chi connectivity index (χ1v) is 10.7. The van der Waals surface area contributed by atoms with Gasteiger partial charge in [-0.3, -0.25) is 9.59 Å². The van der Waals surface area contributed by atoms with Gasteiger partial charge in [-0.1, -0.05) is 0 Å². The maximum Gasteiger partial charge on any atom is 0.274 e. The Labute approximate surface area is 186 Å². The van der Waals surface area contributed by atoms with E-state index in [1.165, 1.54) is 15.3 Å². The number of nitrogens with one attached hydrogen (secondary N) is 3. The number of nitrogens with zero attached hydrogens (tertiary/aromatic N) is 4. The van der Waals surface area contributed by atoms with E-state index in [1.807, 2.05) is 0 Å². The molecule has 0 unspecified atom stereocenters. The third-order valence-electron chi connectivity index (χ3n) is 6.35. The van der Waals surface area contributed by atoms with Gasteiger partial charge in [-0.25, -0.2) is 13.8 Å². The maximum absolute atomic E-state index is 13.6. The van der Waals surface area contributed by atoms with Gasteiger partial charge in [-0.05, 0) is 31.4 Å². The van der Waals surface area contributed by atoms with Crippen molar-refractivity contribution in [1.29, 1.82) is 0 Å². The average Bonchev–Trinajstić information content (AvgIpc) is 3.21. The highest BCUT2D eigenvalue weighted by atomic mass is 19.3. The van der Waals surface area contributed by atoms with Crippen molar-refractivity contribution in [2.75, 3.05) is 17.7 Å². The summed E-state index contributed by atoms with van der Waals surface area (Å²) >= 11 is 0. The molecule has 2 saturated carbocycles. The van der Waals surface area contributed by atoms with Crippen LogP contribution in [0.2, 0.25) is 0 Å². The molecule has 2 aliphatic rings. The van der Waals surface area contributed by atoms with Crippen molar-refractivity contribution in [2.24, 2.45) is 0 Å². The summed E-state index contributed by atoms with van der Waals surface area (Å²) in [6, 6.07) is 3.42. The van der Waals surface area contributed by atoms with Crippen LogP contribution in [0.1, 0.15) is 42.1 Å². The highest BCUT2D eigenvalue weighted by molar-refractivity contribution is 6.00. The number of fused-ring (bicyclic) bond motifs is 1. The minimum Gasteiger partial charge on any atom is -0.391 e. The van der Waals surface area contributed by atoms with Gasteiger partial charge in [0.1, 0.15) is 22.9 Å². The summed E-state index contributed by atoms with van der Waals surface area (Å²) in [5, 5.41) is 22.4. The zero-order valence-electron chi connectivity index (χ0n) is 17.8. The lowest BCUT2D eigenvalue weighted by Gasteiger charge is -2.36. The Morgan fingerprint density at radius 3 is 2.73 bits per heavy atom. The molecule has 0 spiro atoms. The van der Waals surface area contributed by atoms with Crippen LogP contribution in [0, 0.1) is 0 Å². The van der Waals surface area contributed by atoms with E-state index in [0.717, 1.165) is 0 Å². The second-order valence-corrected chi connectivity index (χ2v) is 8.37. The fourth-order valence-corrected chi connectivity index (χ4v) is 4.08. The Morgan fingerprint density at radius 2 is 2.12 bits per heavy atom. The van der Waals surface area contributed by atoms with E-state index in [-0.39, 0.29) is 47.2 Å². The maximum atomic E-state index is 13.6. The topological polar surface area (TPSA) is 126 Å². The van der Waals surface area contributed by atoms with Gasteiger partial charge in [0.2, 0.25) is 0 Å². The number of carbonyl (C=O) groups excluding carboxylic acids is 1. The van der Waals surface area contributed by atoms with E-state index in [9.17, 15) is 23.5 Å². The Hall–Kier alpha value is -3.54. The lowest BCUT2D eigenvalue weighted by Crippen LogP contribution is -2.55. The lowest BCUT2D eigenvalue weighted by molar-refractivity contribution is -0.102. The predicted octanol–water partition coefficient (Wildman–Crippen LogP) is 1.90. The summed E-state index contributed by atoms with van der Waals surface area (Å²) in [6.07, 6.45) is 3.66. The molecule has 12 heteroatoms. The van der Waals surface area contributed by atoms with Gasteiger partial charge in [-0.15, -0.1) is 0 Å². The molecule has 10 nitrogen and oxygen atoms in total. The fourth-order valence-electron chi connectivity index (χ4n) is 4.08. The van der Waals surface area contributed by atoms with Gasteiger partial charge in [0.05, 0.1) is 24.4 Å². The van der Waals surface area contributed by atoms with Gasteiger partial charge in [0.15, 0.2) is 5.65 Å². The van der Waals surface area contributed by atoms with Gasteiger partial charge in [-0.2, -0.15) is 9.61 Å². The predicted molar refractivity (Wildman–Crippen MR) is 116 cm³/mol. The van der Waals surface area contributed by atoms with Crippen LogP contribution >= 0.6 is 0 Å². The standard InChI is InChI=1S/C21H23F2N7O3/c1-24-17-9-16(26-12-3-2-8-29(20(12)33)13-4-5-14(13)31)28-18-11(10-25-30(17)18)19(32)27-15-6-7-21(15,22)23/h2-3,8-10,13-15,24,31H,4-7H2,1H3,(H,26,28)(H,27,32)/t13-,14+,15+/m1/s1. The number of hydrogen-bond donors (Lipinski definition) is 4. The molecule has 0 aliphatic heterocycles. The number of alkyl halides is 2. The van der Waals surface area contributed by atoms with Crippen LogP contribution in [0.15, 0.2) is 35.4 Å². The van der Waals surface area contributed by atoms with Crippen LogP contribution in [-0.4, -0.2) is 55.3 Å². The van der Waals surface area contributed by atoms with Gasteiger partial charge in [0.25, 0.3) is 17.4 Å². The van der Waals surface area contributed by atoms with Crippen LogP contribution in [-0.2, 0) is 0 Å². The highest BCUT2D eigenvalue weighted by Gasteiger charge is 2.49. The summed E-state index contributed by atoms with van der Waals surface area (Å²) in [7, 11) is 1.66. The Morgan fingerprint density at radius 1 is 1.30 bits per heavy atom. The SMILES string of the molecule is CNc1cc(Nc2cccn([C@@H]3CC[C@@H]3O)c2=O)nc2c(C(=O)N[C@H]3CCC3(F)F)cnn12. The molecule has 3 aromatic heterocycles. The highest BCUT2D eigenvalue weighted by Crippen LogP contribution is 2.37. The minimum atomic E-state index is -2.92. The van der Waals surface area contributed by atoms with Crippen LogP contribution in [0.25, 0.3) is 5.65 Å². The monoisotopic (exact) mass is 459 g/mol. The molecule has 3 atom stereocenters. The molecule has 3 aromatic rings. The Balaban J connectivity index is 1.47. The molecule has 1 amide bonds. The van der Waals surface area contributed by atoms with E-state index in [1.54, 1.807) is 31.4 Å². The van der Waals surface area contributed by atoms with Gasteiger partial charge >= 0.3 is 0 Å². The second kappa shape index (κ2) is 7.80. The number of aliphatic hydroxyl groups is 1. The molecule has 174 valence electrons. The van der Waals surface area contributed by atoms with Crippen LogP contribution in [0.3, 0.4) is 0 Å². The summed E-state index contributed by atoms with van der Waals surface area (Å²) in [5.41, 5.74) is 0.124. The van der Waals surface area contributed by atoms with E-state index < -0.39 is 24.0 Å². The minimum absolute atomic E-state index is 0.0425. The molecule has 3 heterocycles. The van der Waals surface area contributed by atoms with Crippen molar-refractivity contribution in [3.8, 4) is 0 Å². The number of halogens is 2. The fraction of sp³-hybridized carbons (Fsp3) is 0.429.